The second-order valence-electron chi connectivity index (χ2n) is 3.01. The van der Waals surface area contributed by atoms with Crippen LogP contribution in [0.1, 0.15) is 0 Å². The molecule has 0 aliphatic rings. The van der Waals surface area contributed by atoms with Crippen LogP contribution in [0.4, 0.5) is 10.5 Å². The third kappa shape index (κ3) is 2.85. The summed E-state index contributed by atoms with van der Waals surface area (Å²) in [7, 11) is 1.56. The van der Waals surface area contributed by atoms with Gasteiger partial charge in [-0.2, -0.15) is 0 Å². The number of nitrogens with one attached hydrogen (secondary N) is 1. The molecular formula is C10H15N3O2. The Morgan fingerprint density at radius 2 is 2.07 bits per heavy atom. The van der Waals surface area contributed by atoms with Crippen LogP contribution in [-0.2, 0) is 0 Å². The Morgan fingerprint density at radius 1 is 1.47 bits per heavy atom. The van der Waals surface area contributed by atoms with Crippen molar-refractivity contribution in [3.8, 4) is 5.75 Å². The predicted molar refractivity (Wildman–Crippen MR) is 59.0 cm³/mol. The number of phenols is 1. The van der Waals surface area contributed by atoms with Gasteiger partial charge < -0.3 is 16.2 Å². The van der Waals surface area contributed by atoms with Gasteiger partial charge in [0.25, 0.3) is 0 Å². The summed E-state index contributed by atoms with van der Waals surface area (Å²) in [4.78, 5) is 13.0. The lowest BCUT2D eigenvalue weighted by molar-refractivity contribution is 0.248. The maximum atomic E-state index is 11.5. The fourth-order valence-corrected chi connectivity index (χ4v) is 1.24. The molecule has 15 heavy (non-hydrogen) atoms. The molecule has 0 aliphatic heterocycles. The van der Waals surface area contributed by atoms with E-state index in [2.05, 4.69) is 5.32 Å². The third-order valence-electron chi connectivity index (χ3n) is 1.97. The molecule has 0 saturated heterocycles. The van der Waals surface area contributed by atoms with Gasteiger partial charge in [-0.15, -0.1) is 0 Å². The van der Waals surface area contributed by atoms with Crippen LogP contribution in [0.3, 0.4) is 0 Å². The first-order valence-corrected chi connectivity index (χ1v) is 4.67. The van der Waals surface area contributed by atoms with E-state index in [4.69, 9.17) is 10.8 Å². The van der Waals surface area contributed by atoms with E-state index in [0.717, 1.165) is 0 Å². The van der Waals surface area contributed by atoms with Crippen molar-refractivity contribution in [1.29, 1.82) is 0 Å². The molecule has 82 valence electrons. The smallest absolute Gasteiger partial charge is 0.321 e. The number of phenolic OH excluding ortho intramolecular Hbond substituents is 1. The lowest BCUT2D eigenvalue weighted by Crippen LogP contribution is -2.41. The number of amides is 2. The summed E-state index contributed by atoms with van der Waals surface area (Å²) in [6, 6.07) is 6.18. The van der Waals surface area contributed by atoms with Crippen LogP contribution < -0.4 is 16.0 Å². The molecule has 2 amide bonds. The van der Waals surface area contributed by atoms with Crippen LogP contribution >= 0.6 is 0 Å². The van der Waals surface area contributed by atoms with E-state index in [1.54, 1.807) is 19.2 Å². The van der Waals surface area contributed by atoms with Crippen LogP contribution in [0.5, 0.6) is 5.75 Å². The molecule has 1 aromatic rings. The molecule has 5 heteroatoms. The zero-order chi connectivity index (χ0) is 11.3. The predicted octanol–water partition coefficient (Wildman–Crippen LogP) is 0.497. The fourth-order valence-electron chi connectivity index (χ4n) is 1.24. The number of carbonyl (C=O) groups excluding carboxylic acids is 1. The van der Waals surface area contributed by atoms with Crippen molar-refractivity contribution in [2.45, 2.75) is 0 Å². The molecule has 1 aromatic carbocycles. The highest BCUT2D eigenvalue weighted by Crippen LogP contribution is 2.17. The van der Waals surface area contributed by atoms with Gasteiger partial charge in [0.1, 0.15) is 5.75 Å². The number of rotatable bonds is 3. The van der Waals surface area contributed by atoms with Gasteiger partial charge in [-0.1, -0.05) is 0 Å². The molecule has 0 saturated carbocycles. The Balaban J connectivity index is 2.88. The summed E-state index contributed by atoms with van der Waals surface area (Å²) in [6.07, 6.45) is 0. The first-order chi connectivity index (χ1) is 7.19. The van der Waals surface area contributed by atoms with Crippen LogP contribution in [0.2, 0.25) is 0 Å². The number of anilines is 1. The molecule has 1 rings (SSSR count). The summed E-state index contributed by atoms with van der Waals surface area (Å²) in [5.74, 6) is 0.170. The molecule has 0 aliphatic carbocycles. The summed E-state index contributed by atoms with van der Waals surface area (Å²) in [5.41, 5.74) is 6.12. The minimum atomic E-state index is -0.217. The summed E-state index contributed by atoms with van der Waals surface area (Å²) < 4.78 is 0. The van der Waals surface area contributed by atoms with Crippen molar-refractivity contribution in [3.63, 3.8) is 0 Å². The molecule has 0 radical (unpaired) electrons. The second-order valence-corrected chi connectivity index (χ2v) is 3.01. The number of carbonyl (C=O) groups is 1. The van der Waals surface area contributed by atoms with Gasteiger partial charge in [-0.3, -0.25) is 4.90 Å². The van der Waals surface area contributed by atoms with Crippen molar-refractivity contribution in [3.05, 3.63) is 24.3 Å². The molecule has 0 heterocycles. The lowest BCUT2D eigenvalue weighted by Gasteiger charge is -2.21. The topological polar surface area (TPSA) is 78.6 Å². The molecule has 5 nitrogen and oxygen atoms in total. The quantitative estimate of drug-likeness (QED) is 0.678. The number of aromatic hydroxyl groups is 1. The van der Waals surface area contributed by atoms with Gasteiger partial charge in [0.15, 0.2) is 0 Å². The number of benzene rings is 1. The monoisotopic (exact) mass is 209 g/mol. The molecule has 4 N–H and O–H groups in total. The highest BCUT2D eigenvalue weighted by molar-refractivity contribution is 5.91. The minimum Gasteiger partial charge on any atom is -0.508 e. The summed E-state index contributed by atoms with van der Waals surface area (Å²) in [6.45, 7) is 0.818. The highest BCUT2D eigenvalue weighted by atomic mass is 16.3. The average Bonchev–Trinajstić information content (AvgIpc) is 2.26. The van der Waals surface area contributed by atoms with Crippen LogP contribution in [0.25, 0.3) is 0 Å². The zero-order valence-corrected chi connectivity index (χ0v) is 8.60. The van der Waals surface area contributed by atoms with E-state index < -0.39 is 0 Å². The fraction of sp³-hybridized carbons (Fsp3) is 0.300. The van der Waals surface area contributed by atoms with Gasteiger partial charge in [0, 0.05) is 25.8 Å². The number of hydrogen-bond acceptors (Lipinski definition) is 3. The molecule has 0 atom stereocenters. The zero-order valence-electron chi connectivity index (χ0n) is 8.60. The van der Waals surface area contributed by atoms with Gasteiger partial charge in [-0.05, 0) is 24.3 Å². The molecule has 0 unspecified atom stereocenters. The van der Waals surface area contributed by atoms with Gasteiger partial charge in [-0.25, -0.2) is 4.79 Å². The SMILES string of the molecule is CNC(=O)N(CCN)c1ccc(O)cc1. The normalized spacial score (nSPS) is 9.73. The van der Waals surface area contributed by atoms with E-state index in [0.29, 0.717) is 18.8 Å². The van der Waals surface area contributed by atoms with Crippen LogP contribution in [0.15, 0.2) is 24.3 Å². The number of urea groups is 1. The Kier molecular flexibility index (Phi) is 3.93. The largest absolute Gasteiger partial charge is 0.508 e. The number of nitrogens with two attached hydrogens (primary N) is 1. The van der Waals surface area contributed by atoms with Gasteiger partial charge >= 0.3 is 6.03 Å². The van der Waals surface area contributed by atoms with E-state index in [1.165, 1.54) is 17.0 Å². The summed E-state index contributed by atoms with van der Waals surface area (Å²) in [5, 5.41) is 11.7. The first-order valence-electron chi connectivity index (χ1n) is 4.67. The molecule has 0 bridgehead atoms. The van der Waals surface area contributed by atoms with Crippen LogP contribution in [-0.4, -0.2) is 31.3 Å². The van der Waals surface area contributed by atoms with E-state index in [-0.39, 0.29) is 11.8 Å². The molecular weight excluding hydrogens is 194 g/mol. The van der Waals surface area contributed by atoms with Crippen molar-refractivity contribution >= 4 is 11.7 Å². The van der Waals surface area contributed by atoms with Crippen molar-refractivity contribution in [2.24, 2.45) is 5.73 Å². The number of nitrogens with zero attached hydrogens (tertiary/aromatic N) is 1. The maximum Gasteiger partial charge on any atom is 0.321 e. The Labute approximate surface area is 88.5 Å². The first kappa shape index (κ1) is 11.3. The van der Waals surface area contributed by atoms with E-state index in [1.807, 2.05) is 0 Å². The molecule has 0 spiro atoms. The van der Waals surface area contributed by atoms with Gasteiger partial charge in [0.2, 0.25) is 0 Å². The average molecular weight is 209 g/mol. The van der Waals surface area contributed by atoms with Crippen molar-refractivity contribution < 1.29 is 9.90 Å². The minimum absolute atomic E-state index is 0.170. The Morgan fingerprint density at radius 3 is 2.53 bits per heavy atom. The molecule has 0 aromatic heterocycles. The van der Waals surface area contributed by atoms with Crippen molar-refractivity contribution in [2.75, 3.05) is 25.0 Å². The van der Waals surface area contributed by atoms with E-state index in [9.17, 15) is 4.79 Å². The Hall–Kier alpha value is -1.75. The highest BCUT2D eigenvalue weighted by Gasteiger charge is 2.12. The second kappa shape index (κ2) is 5.21. The Bertz CT molecular complexity index is 324. The maximum absolute atomic E-state index is 11.5. The lowest BCUT2D eigenvalue weighted by atomic mass is 10.3. The van der Waals surface area contributed by atoms with Crippen LogP contribution in [0, 0.1) is 0 Å². The number of hydrogen-bond donors (Lipinski definition) is 3. The van der Waals surface area contributed by atoms with Crippen molar-refractivity contribution in [1.82, 2.24) is 5.32 Å². The summed E-state index contributed by atoms with van der Waals surface area (Å²) >= 11 is 0. The molecule has 0 fully saturated rings. The third-order valence-corrected chi connectivity index (χ3v) is 1.97. The van der Waals surface area contributed by atoms with Gasteiger partial charge in [0.05, 0.1) is 0 Å². The standard InChI is InChI=1S/C10H15N3O2/c1-12-10(15)13(7-6-11)8-2-4-9(14)5-3-8/h2-5,14H,6-7,11H2,1H3,(H,12,15). The van der Waals surface area contributed by atoms with E-state index >= 15 is 0 Å².